The summed E-state index contributed by atoms with van der Waals surface area (Å²) >= 11 is 5.98. The van der Waals surface area contributed by atoms with Gasteiger partial charge in [0.05, 0.1) is 13.3 Å². The molecule has 130 valence electrons. The number of hydrogen-bond acceptors (Lipinski definition) is 4. The van der Waals surface area contributed by atoms with Gasteiger partial charge in [0, 0.05) is 29.1 Å². The highest BCUT2D eigenvalue weighted by atomic mass is 35.5. The monoisotopic (exact) mass is 359 g/mol. The smallest absolute Gasteiger partial charge is 0.251 e. The van der Waals surface area contributed by atoms with E-state index in [0.717, 1.165) is 0 Å². The second-order valence-corrected chi connectivity index (χ2v) is 5.46. The lowest BCUT2D eigenvalue weighted by molar-refractivity contribution is -0.120. The number of carbonyl (C=O) groups is 2. The van der Waals surface area contributed by atoms with Crippen LogP contribution < -0.4 is 15.5 Å². The Morgan fingerprint density at radius 1 is 1.16 bits per heavy atom. The summed E-state index contributed by atoms with van der Waals surface area (Å²) in [6.07, 6.45) is 1.58. The standard InChI is InChI=1S/C18H18ClN3O3/c1-25-15-8-6-13(7-9-15)18(24)20-11-10-17(23)22-21-12-14-4-2-3-5-16(14)19/h2-9,12H,10-11H2,1H3,(H,20,24)(H,22,23). The molecule has 25 heavy (non-hydrogen) atoms. The normalized spacial score (nSPS) is 10.5. The maximum Gasteiger partial charge on any atom is 0.251 e. The van der Waals surface area contributed by atoms with Crippen LogP contribution in [0.15, 0.2) is 53.6 Å². The summed E-state index contributed by atoms with van der Waals surface area (Å²) in [5.74, 6) is 0.112. The lowest BCUT2D eigenvalue weighted by Crippen LogP contribution is -2.29. The molecule has 6 nitrogen and oxygen atoms in total. The van der Waals surface area contributed by atoms with E-state index < -0.39 is 0 Å². The van der Waals surface area contributed by atoms with Crippen LogP contribution in [0.2, 0.25) is 5.02 Å². The third-order valence-electron chi connectivity index (χ3n) is 3.29. The van der Waals surface area contributed by atoms with Crippen LogP contribution >= 0.6 is 11.6 Å². The number of carbonyl (C=O) groups excluding carboxylic acids is 2. The van der Waals surface area contributed by atoms with Crippen LogP contribution in [-0.2, 0) is 4.79 Å². The number of halogens is 1. The van der Waals surface area contributed by atoms with Crippen LogP contribution in [0.25, 0.3) is 0 Å². The maximum atomic E-state index is 11.9. The van der Waals surface area contributed by atoms with Gasteiger partial charge in [0.2, 0.25) is 5.91 Å². The van der Waals surface area contributed by atoms with Gasteiger partial charge >= 0.3 is 0 Å². The number of nitrogens with zero attached hydrogens (tertiary/aromatic N) is 1. The molecule has 2 aromatic rings. The summed E-state index contributed by atoms with van der Waals surface area (Å²) in [6.45, 7) is 0.207. The van der Waals surface area contributed by atoms with Crippen molar-refractivity contribution in [3.05, 3.63) is 64.7 Å². The summed E-state index contributed by atoms with van der Waals surface area (Å²) in [5.41, 5.74) is 3.59. The van der Waals surface area contributed by atoms with Gasteiger partial charge in [-0.05, 0) is 30.3 Å². The molecule has 2 aromatic carbocycles. The molecule has 0 radical (unpaired) electrons. The number of amides is 2. The Bertz CT molecular complexity index is 760. The van der Waals surface area contributed by atoms with E-state index in [1.54, 1.807) is 43.5 Å². The van der Waals surface area contributed by atoms with Gasteiger partial charge in [-0.2, -0.15) is 5.10 Å². The first-order chi connectivity index (χ1) is 12.1. The molecule has 0 saturated heterocycles. The van der Waals surface area contributed by atoms with Crippen molar-refractivity contribution in [2.75, 3.05) is 13.7 Å². The van der Waals surface area contributed by atoms with Crippen molar-refractivity contribution in [1.29, 1.82) is 0 Å². The molecule has 0 aliphatic rings. The zero-order valence-electron chi connectivity index (χ0n) is 13.7. The molecule has 0 heterocycles. The van der Waals surface area contributed by atoms with Crippen molar-refractivity contribution in [3.63, 3.8) is 0 Å². The lowest BCUT2D eigenvalue weighted by Gasteiger charge is -2.05. The minimum atomic E-state index is -0.307. The predicted molar refractivity (Wildman–Crippen MR) is 97.1 cm³/mol. The molecule has 2 rings (SSSR count). The summed E-state index contributed by atoms with van der Waals surface area (Å²) in [7, 11) is 1.56. The molecule has 0 fully saturated rings. The zero-order chi connectivity index (χ0) is 18.1. The average Bonchev–Trinajstić information content (AvgIpc) is 2.63. The third-order valence-corrected chi connectivity index (χ3v) is 3.63. The number of ether oxygens (including phenoxy) is 1. The molecule has 0 spiro atoms. The van der Waals surface area contributed by atoms with Gasteiger partial charge in [0.25, 0.3) is 5.91 Å². The first-order valence-electron chi connectivity index (χ1n) is 7.59. The molecule has 0 atom stereocenters. The Morgan fingerprint density at radius 2 is 1.88 bits per heavy atom. The van der Waals surface area contributed by atoms with Crippen LogP contribution in [0.1, 0.15) is 22.3 Å². The fraction of sp³-hybridized carbons (Fsp3) is 0.167. The van der Waals surface area contributed by atoms with Crippen molar-refractivity contribution in [1.82, 2.24) is 10.7 Å². The Balaban J connectivity index is 1.72. The van der Waals surface area contributed by atoms with Crippen LogP contribution in [0, 0.1) is 0 Å². The van der Waals surface area contributed by atoms with Gasteiger partial charge in [-0.1, -0.05) is 29.8 Å². The summed E-state index contributed by atoms with van der Waals surface area (Å²) in [6, 6.07) is 13.9. The molecular formula is C18H18ClN3O3. The van der Waals surface area contributed by atoms with E-state index in [1.165, 1.54) is 6.21 Å². The molecule has 0 saturated carbocycles. The fourth-order valence-corrected chi connectivity index (χ4v) is 2.13. The first kappa shape index (κ1) is 18.5. The highest BCUT2D eigenvalue weighted by Gasteiger charge is 2.06. The van der Waals surface area contributed by atoms with Crippen LogP contribution in [-0.4, -0.2) is 31.7 Å². The van der Waals surface area contributed by atoms with Gasteiger partial charge in [-0.15, -0.1) is 0 Å². The summed E-state index contributed by atoms with van der Waals surface area (Å²) in [4.78, 5) is 23.6. The number of hydrazone groups is 1. The highest BCUT2D eigenvalue weighted by molar-refractivity contribution is 6.33. The Morgan fingerprint density at radius 3 is 2.56 bits per heavy atom. The minimum absolute atomic E-state index is 0.113. The molecule has 0 unspecified atom stereocenters. The molecular weight excluding hydrogens is 342 g/mol. The van der Waals surface area contributed by atoms with Crippen molar-refractivity contribution in [2.45, 2.75) is 6.42 Å². The van der Waals surface area contributed by atoms with Crippen LogP contribution in [0.5, 0.6) is 5.75 Å². The fourth-order valence-electron chi connectivity index (χ4n) is 1.94. The molecule has 7 heteroatoms. The summed E-state index contributed by atoms with van der Waals surface area (Å²) < 4.78 is 5.03. The van der Waals surface area contributed by atoms with E-state index in [-0.39, 0.29) is 24.8 Å². The summed E-state index contributed by atoms with van der Waals surface area (Å²) in [5, 5.41) is 7.06. The molecule has 2 amide bonds. The Kier molecular flexibility index (Phi) is 6.98. The number of methoxy groups -OCH3 is 1. The molecule has 0 bridgehead atoms. The van der Waals surface area contributed by atoms with Gasteiger partial charge in [0.1, 0.15) is 5.75 Å². The number of nitrogens with one attached hydrogen (secondary N) is 2. The highest BCUT2D eigenvalue weighted by Crippen LogP contribution is 2.12. The molecule has 2 N–H and O–H groups in total. The van der Waals surface area contributed by atoms with Crippen LogP contribution in [0.3, 0.4) is 0 Å². The van der Waals surface area contributed by atoms with E-state index in [1.807, 2.05) is 12.1 Å². The lowest BCUT2D eigenvalue weighted by atomic mass is 10.2. The largest absolute Gasteiger partial charge is 0.497 e. The molecule has 0 aromatic heterocycles. The number of benzene rings is 2. The van der Waals surface area contributed by atoms with E-state index in [4.69, 9.17) is 16.3 Å². The number of hydrogen-bond donors (Lipinski definition) is 2. The third kappa shape index (κ3) is 5.93. The average molecular weight is 360 g/mol. The van der Waals surface area contributed by atoms with Gasteiger partial charge < -0.3 is 10.1 Å². The number of rotatable bonds is 7. The molecule has 0 aliphatic heterocycles. The van der Waals surface area contributed by atoms with Crippen LogP contribution in [0.4, 0.5) is 0 Å². The maximum absolute atomic E-state index is 11.9. The van der Waals surface area contributed by atoms with Gasteiger partial charge in [0.15, 0.2) is 0 Å². The zero-order valence-corrected chi connectivity index (χ0v) is 14.4. The molecule has 0 aliphatic carbocycles. The topological polar surface area (TPSA) is 79.8 Å². The van der Waals surface area contributed by atoms with Crippen molar-refractivity contribution >= 4 is 29.6 Å². The predicted octanol–water partition coefficient (Wildman–Crippen LogP) is 2.62. The van der Waals surface area contributed by atoms with Gasteiger partial charge in [-0.3, -0.25) is 9.59 Å². The SMILES string of the molecule is COc1ccc(C(=O)NCCC(=O)NN=Cc2ccccc2Cl)cc1. The second-order valence-electron chi connectivity index (χ2n) is 5.05. The Hall–Kier alpha value is -2.86. The van der Waals surface area contributed by atoms with E-state index in [9.17, 15) is 9.59 Å². The van der Waals surface area contributed by atoms with Crippen molar-refractivity contribution in [3.8, 4) is 5.75 Å². The van der Waals surface area contributed by atoms with E-state index in [2.05, 4.69) is 15.8 Å². The Labute approximate surface area is 150 Å². The minimum Gasteiger partial charge on any atom is -0.497 e. The van der Waals surface area contributed by atoms with Crippen molar-refractivity contribution in [2.24, 2.45) is 5.10 Å². The van der Waals surface area contributed by atoms with Crippen molar-refractivity contribution < 1.29 is 14.3 Å². The second kappa shape index (κ2) is 9.44. The first-order valence-corrected chi connectivity index (χ1v) is 7.96. The van der Waals surface area contributed by atoms with E-state index in [0.29, 0.717) is 21.9 Å². The van der Waals surface area contributed by atoms with Gasteiger partial charge in [-0.25, -0.2) is 5.43 Å². The van der Waals surface area contributed by atoms with E-state index >= 15 is 0 Å². The quantitative estimate of drug-likeness (QED) is 0.589.